The highest BCUT2D eigenvalue weighted by molar-refractivity contribution is 5.94. The van der Waals surface area contributed by atoms with Gasteiger partial charge in [-0.05, 0) is 31.5 Å². The minimum atomic E-state index is 0.120. The van der Waals surface area contributed by atoms with Crippen molar-refractivity contribution in [2.75, 3.05) is 20.1 Å². The summed E-state index contributed by atoms with van der Waals surface area (Å²) in [4.78, 5) is 14.0. The lowest BCUT2D eigenvalue weighted by molar-refractivity contribution is 0.0708. The Labute approximate surface area is 96.5 Å². The molecule has 1 atom stereocenters. The molecule has 2 rings (SSSR count). The summed E-state index contributed by atoms with van der Waals surface area (Å²) in [5.41, 5.74) is 0.774. The quantitative estimate of drug-likeness (QED) is 0.816. The topological polar surface area (TPSA) is 32.3 Å². The van der Waals surface area contributed by atoms with Crippen molar-refractivity contribution in [3.63, 3.8) is 0 Å². The molecule has 0 spiro atoms. The first-order valence-electron chi connectivity index (χ1n) is 5.82. The first-order chi connectivity index (χ1) is 7.79. The number of rotatable bonds is 2. The van der Waals surface area contributed by atoms with Gasteiger partial charge in [0.2, 0.25) is 0 Å². The van der Waals surface area contributed by atoms with Gasteiger partial charge in [-0.15, -0.1) is 0 Å². The monoisotopic (exact) mass is 218 g/mol. The van der Waals surface area contributed by atoms with Gasteiger partial charge in [-0.2, -0.15) is 0 Å². The van der Waals surface area contributed by atoms with Crippen LogP contribution in [0.1, 0.15) is 23.2 Å². The third-order valence-electron chi connectivity index (χ3n) is 3.16. The van der Waals surface area contributed by atoms with E-state index in [4.69, 9.17) is 0 Å². The number of nitrogens with one attached hydrogen (secondary N) is 1. The Kier molecular flexibility index (Phi) is 3.57. The smallest absolute Gasteiger partial charge is 0.253 e. The molecule has 3 heteroatoms. The van der Waals surface area contributed by atoms with Gasteiger partial charge in [0.05, 0.1) is 0 Å². The van der Waals surface area contributed by atoms with Crippen LogP contribution in [0.2, 0.25) is 0 Å². The summed E-state index contributed by atoms with van der Waals surface area (Å²) >= 11 is 0. The molecule has 1 aliphatic rings. The minimum Gasteiger partial charge on any atom is -0.337 e. The predicted molar refractivity (Wildman–Crippen MR) is 64.4 cm³/mol. The average molecular weight is 218 g/mol. The lowest BCUT2D eigenvalue weighted by Gasteiger charge is -2.31. The molecule has 86 valence electrons. The van der Waals surface area contributed by atoms with E-state index in [1.54, 1.807) is 0 Å². The second kappa shape index (κ2) is 5.12. The number of carbonyl (C=O) groups excluding carboxylic acids is 1. The molecule has 0 radical (unpaired) electrons. The maximum atomic E-state index is 12.1. The van der Waals surface area contributed by atoms with E-state index < -0.39 is 0 Å². The van der Waals surface area contributed by atoms with Crippen molar-refractivity contribution in [2.45, 2.75) is 18.9 Å². The van der Waals surface area contributed by atoms with E-state index in [1.807, 2.05) is 42.3 Å². The Bertz CT molecular complexity index is 344. The van der Waals surface area contributed by atoms with Crippen LogP contribution < -0.4 is 5.32 Å². The summed E-state index contributed by atoms with van der Waals surface area (Å²) in [6.07, 6.45) is 2.25. The summed E-state index contributed by atoms with van der Waals surface area (Å²) in [6.45, 7) is 1.99. The Morgan fingerprint density at radius 3 is 2.75 bits per heavy atom. The van der Waals surface area contributed by atoms with Crippen LogP contribution in [0.5, 0.6) is 0 Å². The predicted octanol–water partition coefficient (Wildman–Crippen LogP) is 1.51. The summed E-state index contributed by atoms with van der Waals surface area (Å²) in [5, 5.41) is 3.33. The summed E-state index contributed by atoms with van der Waals surface area (Å²) in [7, 11) is 1.90. The zero-order valence-corrected chi connectivity index (χ0v) is 9.65. The third-order valence-corrected chi connectivity index (χ3v) is 3.16. The van der Waals surface area contributed by atoms with Gasteiger partial charge in [0, 0.05) is 25.2 Å². The first kappa shape index (κ1) is 11.1. The highest BCUT2D eigenvalue weighted by Gasteiger charge is 2.22. The number of nitrogens with zero attached hydrogens (tertiary/aromatic N) is 1. The lowest BCUT2D eigenvalue weighted by Crippen LogP contribution is -2.46. The van der Waals surface area contributed by atoms with Gasteiger partial charge >= 0.3 is 0 Å². The van der Waals surface area contributed by atoms with E-state index in [1.165, 1.54) is 0 Å². The van der Waals surface area contributed by atoms with Crippen LogP contribution >= 0.6 is 0 Å². The van der Waals surface area contributed by atoms with Gasteiger partial charge in [-0.3, -0.25) is 4.79 Å². The second-order valence-corrected chi connectivity index (χ2v) is 4.28. The summed E-state index contributed by atoms with van der Waals surface area (Å²) in [6, 6.07) is 9.81. The first-order valence-corrected chi connectivity index (χ1v) is 5.82. The third kappa shape index (κ3) is 2.42. The number of likely N-dealkylation sites (N-methyl/N-ethyl adjacent to an activating group) is 1. The Morgan fingerprint density at radius 2 is 2.12 bits per heavy atom. The average Bonchev–Trinajstić information content (AvgIpc) is 2.39. The van der Waals surface area contributed by atoms with Crippen LogP contribution in [-0.4, -0.2) is 37.0 Å². The Balaban J connectivity index is 2.04. The van der Waals surface area contributed by atoms with E-state index >= 15 is 0 Å². The fourth-order valence-electron chi connectivity index (χ4n) is 2.11. The van der Waals surface area contributed by atoms with E-state index in [9.17, 15) is 4.79 Å². The molecule has 1 saturated heterocycles. The Morgan fingerprint density at radius 1 is 1.38 bits per heavy atom. The van der Waals surface area contributed by atoms with Crippen molar-refractivity contribution >= 4 is 5.91 Å². The molecule has 0 unspecified atom stereocenters. The summed E-state index contributed by atoms with van der Waals surface area (Å²) in [5.74, 6) is 0.120. The molecule has 1 aromatic rings. The largest absolute Gasteiger partial charge is 0.337 e. The van der Waals surface area contributed by atoms with Crippen molar-refractivity contribution in [1.82, 2.24) is 10.2 Å². The normalized spacial score (nSPS) is 20.4. The van der Waals surface area contributed by atoms with Gasteiger partial charge < -0.3 is 10.2 Å². The van der Waals surface area contributed by atoms with Crippen molar-refractivity contribution in [2.24, 2.45) is 0 Å². The number of hydrogen-bond acceptors (Lipinski definition) is 2. The van der Waals surface area contributed by atoms with Crippen molar-refractivity contribution in [3.05, 3.63) is 35.9 Å². The van der Waals surface area contributed by atoms with E-state index in [2.05, 4.69) is 5.32 Å². The molecule has 3 nitrogen and oxygen atoms in total. The van der Waals surface area contributed by atoms with E-state index in [0.717, 1.165) is 31.5 Å². The number of benzene rings is 1. The molecule has 0 aliphatic carbocycles. The second-order valence-electron chi connectivity index (χ2n) is 4.28. The standard InChI is InChI=1S/C13H18N2O/c1-15(12-8-5-9-14-10-12)13(16)11-6-3-2-4-7-11/h2-4,6-7,12,14H,5,8-10H2,1H3/t12-/m1/s1. The van der Waals surface area contributed by atoms with E-state index in [-0.39, 0.29) is 5.91 Å². The van der Waals surface area contributed by atoms with E-state index in [0.29, 0.717) is 6.04 Å². The number of carbonyl (C=O) groups is 1. The molecule has 1 heterocycles. The molecule has 1 fully saturated rings. The summed E-state index contributed by atoms with van der Waals surface area (Å²) < 4.78 is 0. The van der Waals surface area contributed by atoms with Gasteiger partial charge in [0.1, 0.15) is 0 Å². The van der Waals surface area contributed by atoms with Gasteiger partial charge in [-0.25, -0.2) is 0 Å². The molecule has 1 N–H and O–H groups in total. The fraction of sp³-hybridized carbons (Fsp3) is 0.462. The molecule has 0 aromatic heterocycles. The lowest BCUT2D eigenvalue weighted by atomic mass is 10.1. The molecule has 1 aliphatic heterocycles. The van der Waals surface area contributed by atoms with Crippen LogP contribution in [0.4, 0.5) is 0 Å². The van der Waals surface area contributed by atoms with Crippen molar-refractivity contribution < 1.29 is 4.79 Å². The van der Waals surface area contributed by atoms with Crippen LogP contribution in [0, 0.1) is 0 Å². The molecule has 1 aromatic carbocycles. The van der Waals surface area contributed by atoms with Crippen LogP contribution in [0.15, 0.2) is 30.3 Å². The number of hydrogen-bond donors (Lipinski definition) is 1. The Hall–Kier alpha value is -1.35. The molecular formula is C13H18N2O. The van der Waals surface area contributed by atoms with Crippen molar-refractivity contribution in [1.29, 1.82) is 0 Å². The zero-order valence-electron chi connectivity index (χ0n) is 9.65. The maximum Gasteiger partial charge on any atom is 0.253 e. The van der Waals surface area contributed by atoms with Gasteiger partial charge in [-0.1, -0.05) is 18.2 Å². The van der Waals surface area contributed by atoms with Crippen LogP contribution in [-0.2, 0) is 0 Å². The van der Waals surface area contributed by atoms with Crippen LogP contribution in [0.3, 0.4) is 0 Å². The number of amides is 1. The maximum absolute atomic E-state index is 12.1. The van der Waals surface area contributed by atoms with Crippen LogP contribution in [0.25, 0.3) is 0 Å². The molecule has 16 heavy (non-hydrogen) atoms. The van der Waals surface area contributed by atoms with Gasteiger partial charge in [0.15, 0.2) is 0 Å². The molecule has 1 amide bonds. The fourth-order valence-corrected chi connectivity index (χ4v) is 2.11. The van der Waals surface area contributed by atoms with Gasteiger partial charge in [0.25, 0.3) is 5.91 Å². The van der Waals surface area contributed by atoms with Crippen molar-refractivity contribution in [3.8, 4) is 0 Å². The SMILES string of the molecule is CN(C(=O)c1ccccc1)[C@@H]1CCCNC1. The number of piperidine rings is 1. The molecule has 0 bridgehead atoms. The molecule has 0 saturated carbocycles. The minimum absolute atomic E-state index is 0.120. The molecular weight excluding hydrogens is 200 g/mol. The highest BCUT2D eigenvalue weighted by Crippen LogP contribution is 2.12. The zero-order chi connectivity index (χ0) is 11.4. The highest BCUT2D eigenvalue weighted by atomic mass is 16.2.